The number of hydrogen-bond donors (Lipinski definition) is 1. The standard InChI is InChI=1S/C27H25N5O2S/c1-16-13-14-21(18(3)15-16)28-24(33)19(4)35-27-30-29-26-31(22-11-7-5-9-17(22)2)25(34)20-10-6-8-12-23(20)32(26)27/h5-15,19H,1-4H3,(H,28,33). The number of aryl methyl sites for hydroxylation is 3. The van der Waals surface area contributed by atoms with E-state index in [0.29, 0.717) is 21.8 Å². The number of aromatic nitrogens is 4. The van der Waals surface area contributed by atoms with E-state index in [1.165, 1.54) is 11.8 Å². The topological polar surface area (TPSA) is 81.3 Å². The van der Waals surface area contributed by atoms with Crippen molar-refractivity contribution in [3.05, 3.63) is 93.8 Å². The normalized spacial score (nSPS) is 12.2. The minimum absolute atomic E-state index is 0.129. The van der Waals surface area contributed by atoms with Gasteiger partial charge in [-0.3, -0.25) is 14.0 Å². The van der Waals surface area contributed by atoms with E-state index in [-0.39, 0.29) is 11.5 Å². The van der Waals surface area contributed by atoms with E-state index in [9.17, 15) is 9.59 Å². The molecule has 0 fully saturated rings. The van der Waals surface area contributed by atoms with Crippen LogP contribution in [0.5, 0.6) is 0 Å². The fourth-order valence-corrected chi connectivity index (χ4v) is 5.04. The van der Waals surface area contributed by atoms with Crippen molar-refractivity contribution in [3.8, 4) is 5.69 Å². The Morgan fingerprint density at radius 2 is 1.69 bits per heavy atom. The van der Waals surface area contributed by atoms with Crippen LogP contribution in [-0.4, -0.2) is 30.3 Å². The maximum atomic E-state index is 13.5. The summed E-state index contributed by atoms with van der Waals surface area (Å²) in [5.41, 5.74) is 5.18. The Bertz CT molecular complexity index is 1650. The third-order valence-electron chi connectivity index (χ3n) is 6.04. The quantitative estimate of drug-likeness (QED) is 0.353. The van der Waals surface area contributed by atoms with Crippen molar-refractivity contribution >= 4 is 40.0 Å². The SMILES string of the molecule is Cc1ccc(NC(=O)C(C)Sc2nnc3n(-c4ccccc4C)c(=O)c4ccccc4n23)c(C)c1. The van der Waals surface area contributed by atoms with Crippen LogP contribution in [0.1, 0.15) is 23.6 Å². The van der Waals surface area contributed by atoms with Crippen LogP contribution < -0.4 is 10.9 Å². The van der Waals surface area contributed by atoms with Crippen molar-refractivity contribution < 1.29 is 4.79 Å². The molecule has 0 aliphatic carbocycles. The Labute approximate surface area is 206 Å². The first-order valence-electron chi connectivity index (χ1n) is 11.3. The predicted molar refractivity (Wildman–Crippen MR) is 141 cm³/mol. The van der Waals surface area contributed by atoms with Crippen LogP contribution >= 0.6 is 11.8 Å². The number of thioether (sulfide) groups is 1. The van der Waals surface area contributed by atoms with Gasteiger partial charge in [-0.15, -0.1) is 10.2 Å². The number of rotatable bonds is 5. The zero-order chi connectivity index (χ0) is 24.7. The van der Waals surface area contributed by atoms with E-state index in [0.717, 1.165) is 28.1 Å². The van der Waals surface area contributed by atoms with E-state index >= 15 is 0 Å². The molecular weight excluding hydrogens is 458 g/mol. The summed E-state index contributed by atoms with van der Waals surface area (Å²) in [6.07, 6.45) is 0. The van der Waals surface area contributed by atoms with Crippen molar-refractivity contribution in [2.24, 2.45) is 0 Å². The number of anilines is 1. The molecule has 0 aliphatic rings. The van der Waals surface area contributed by atoms with Crippen LogP contribution in [0.25, 0.3) is 22.4 Å². The number of carbonyl (C=O) groups is 1. The largest absolute Gasteiger partial charge is 0.325 e. The average molecular weight is 484 g/mol. The summed E-state index contributed by atoms with van der Waals surface area (Å²) in [6, 6.07) is 21.0. The molecule has 0 bridgehead atoms. The lowest BCUT2D eigenvalue weighted by Crippen LogP contribution is -2.24. The summed E-state index contributed by atoms with van der Waals surface area (Å²) in [4.78, 5) is 26.5. The van der Waals surface area contributed by atoms with Gasteiger partial charge in [-0.2, -0.15) is 0 Å². The van der Waals surface area contributed by atoms with Crippen LogP contribution in [0.2, 0.25) is 0 Å². The average Bonchev–Trinajstić information content (AvgIpc) is 3.25. The van der Waals surface area contributed by atoms with Crippen molar-refractivity contribution in [2.45, 2.75) is 38.1 Å². The van der Waals surface area contributed by atoms with Gasteiger partial charge >= 0.3 is 0 Å². The van der Waals surface area contributed by atoms with Gasteiger partial charge in [0.2, 0.25) is 11.7 Å². The van der Waals surface area contributed by atoms with Crippen LogP contribution in [0.4, 0.5) is 5.69 Å². The number of benzene rings is 3. The Morgan fingerprint density at radius 1 is 0.943 bits per heavy atom. The van der Waals surface area contributed by atoms with Gasteiger partial charge in [0, 0.05) is 5.69 Å². The van der Waals surface area contributed by atoms with Crippen LogP contribution in [0.3, 0.4) is 0 Å². The summed E-state index contributed by atoms with van der Waals surface area (Å²) in [6.45, 7) is 7.79. The van der Waals surface area contributed by atoms with Gasteiger partial charge < -0.3 is 5.32 Å². The third kappa shape index (κ3) is 4.10. The monoisotopic (exact) mass is 483 g/mol. The van der Waals surface area contributed by atoms with Gasteiger partial charge in [0.05, 0.1) is 21.8 Å². The molecule has 1 atom stereocenters. The summed E-state index contributed by atoms with van der Waals surface area (Å²) < 4.78 is 3.45. The lowest BCUT2D eigenvalue weighted by molar-refractivity contribution is -0.115. The first-order chi connectivity index (χ1) is 16.8. The molecule has 2 aromatic heterocycles. The number of amides is 1. The first-order valence-corrected chi connectivity index (χ1v) is 12.2. The van der Waals surface area contributed by atoms with E-state index in [1.54, 1.807) is 10.6 Å². The van der Waals surface area contributed by atoms with E-state index in [2.05, 4.69) is 15.5 Å². The molecule has 1 amide bonds. The van der Waals surface area contributed by atoms with Gasteiger partial charge in [0.1, 0.15) is 0 Å². The molecule has 0 radical (unpaired) electrons. The Hall–Kier alpha value is -3.91. The molecule has 1 unspecified atom stereocenters. The molecule has 176 valence electrons. The zero-order valence-electron chi connectivity index (χ0n) is 19.9. The number of carbonyl (C=O) groups excluding carboxylic acids is 1. The van der Waals surface area contributed by atoms with E-state index < -0.39 is 5.25 Å². The molecule has 35 heavy (non-hydrogen) atoms. The van der Waals surface area contributed by atoms with Crippen LogP contribution in [0, 0.1) is 20.8 Å². The molecule has 3 aromatic carbocycles. The second kappa shape index (κ2) is 9.03. The van der Waals surface area contributed by atoms with E-state index in [4.69, 9.17) is 0 Å². The summed E-state index contributed by atoms with van der Waals surface area (Å²) in [7, 11) is 0. The molecule has 5 rings (SSSR count). The summed E-state index contributed by atoms with van der Waals surface area (Å²) in [5, 5.41) is 12.5. The van der Waals surface area contributed by atoms with E-state index in [1.807, 2.05) is 92.8 Å². The molecular formula is C27H25N5O2S. The molecule has 0 spiro atoms. The second-order valence-electron chi connectivity index (χ2n) is 8.63. The molecule has 7 nitrogen and oxygen atoms in total. The minimum Gasteiger partial charge on any atom is -0.325 e. The molecule has 2 heterocycles. The fraction of sp³-hybridized carbons (Fsp3) is 0.185. The molecule has 8 heteroatoms. The highest BCUT2D eigenvalue weighted by molar-refractivity contribution is 8.00. The third-order valence-corrected chi connectivity index (χ3v) is 7.08. The Morgan fingerprint density at radius 3 is 2.46 bits per heavy atom. The van der Waals surface area contributed by atoms with Crippen molar-refractivity contribution in [1.29, 1.82) is 0 Å². The number of nitrogens with zero attached hydrogens (tertiary/aromatic N) is 4. The van der Waals surface area contributed by atoms with Gasteiger partial charge in [-0.1, -0.05) is 59.8 Å². The highest BCUT2D eigenvalue weighted by Gasteiger charge is 2.23. The van der Waals surface area contributed by atoms with Gasteiger partial charge in [-0.05, 0) is 63.1 Å². The van der Waals surface area contributed by atoms with Crippen LogP contribution in [0.15, 0.2) is 76.7 Å². The highest BCUT2D eigenvalue weighted by Crippen LogP contribution is 2.27. The lowest BCUT2D eigenvalue weighted by atomic mass is 10.1. The number of fused-ring (bicyclic) bond motifs is 3. The summed E-state index contributed by atoms with van der Waals surface area (Å²) >= 11 is 1.31. The van der Waals surface area contributed by atoms with Crippen molar-refractivity contribution in [2.75, 3.05) is 5.32 Å². The molecule has 5 aromatic rings. The smallest absolute Gasteiger partial charge is 0.267 e. The lowest BCUT2D eigenvalue weighted by Gasteiger charge is -2.15. The Kier molecular flexibility index (Phi) is 5.90. The van der Waals surface area contributed by atoms with Crippen LogP contribution in [-0.2, 0) is 4.79 Å². The fourth-order valence-electron chi connectivity index (χ4n) is 4.19. The summed E-state index contributed by atoms with van der Waals surface area (Å²) in [5.74, 6) is 0.280. The molecule has 0 aliphatic heterocycles. The molecule has 1 N–H and O–H groups in total. The highest BCUT2D eigenvalue weighted by atomic mass is 32.2. The first kappa shape index (κ1) is 22.9. The number of hydrogen-bond acceptors (Lipinski definition) is 5. The zero-order valence-corrected chi connectivity index (χ0v) is 20.8. The molecule has 0 saturated carbocycles. The minimum atomic E-state index is -0.444. The predicted octanol–water partition coefficient (Wildman–Crippen LogP) is 5.08. The van der Waals surface area contributed by atoms with Crippen molar-refractivity contribution in [3.63, 3.8) is 0 Å². The molecule has 0 saturated heterocycles. The van der Waals surface area contributed by atoms with Gasteiger partial charge in [0.25, 0.3) is 5.56 Å². The van der Waals surface area contributed by atoms with Gasteiger partial charge in [0.15, 0.2) is 5.16 Å². The number of para-hydroxylation sites is 2. The van der Waals surface area contributed by atoms with Crippen molar-refractivity contribution in [1.82, 2.24) is 19.2 Å². The second-order valence-corrected chi connectivity index (χ2v) is 9.94. The number of nitrogens with one attached hydrogen (secondary N) is 1. The maximum absolute atomic E-state index is 13.5. The maximum Gasteiger partial charge on any atom is 0.267 e. The Balaban J connectivity index is 1.59. The van der Waals surface area contributed by atoms with Gasteiger partial charge in [-0.25, -0.2) is 4.57 Å².